The molecule has 1 atom stereocenters. The maximum atomic E-state index is 12.6. The molecule has 2 aromatic rings. The molecule has 1 fully saturated rings. The maximum absolute atomic E-state index is 12.6. The predicted molar refractivity (Wildman–Crippen MR) is 113 cm³/mol. The minimum absolute atomic E-state index is 0.00226. The summed E-state index contributed by atoms with van der Waals surface area (Å²) in [5, 5.41) is 2.97. The van der Waals surface area contributed by atoms with Crippen LogP contribution in [0.2, 0.25) is 0 Å². The zero-order valence-corrected chi connectivity index (χ0v) is 17.5. The first kappa shape index (κ1) is 20.7. The first-order valence-electron chi connectivity index (χ1n) is 9.79. The number of carbonyl (C=O) groups excluding carboxylic acids is 2. The van der Waals surface area contributed by atoms with E-state index in [2.05, 4.69) is 5.32 Å². The Bertz CT molecular complexity index is 889. The van der Waals surface area contributed by atoms with Gasteiger partial charge in [0, 0.05) is 25.2 Å². The Morgan fingerprint density at radius 1 is 1.10 bits per heavy atom. The number of methoxy groups -OCH3 is 2. The molecule has 1 saturated heterocycles. The molecule has 0 aromatic heterocycles. The van der Waals surface area contributed by atoms with E-state index in [-0.39, 0.29) is 24.2 Å². The first-order chi connectivity index (χ1) is 13.9. The number of nitrogens with zero attached hydrogens (tertiary/aromatic N) is 1. The fourth-order valence-electron chi connectivity index (χ4n) is 3.84. The normalized spacial score (nSPS) is 16.1. The van der Waals surface area contributed by atoms with Crippen LogP contribution in [-0.4, -0.2) is 39.1 Å². The molecule has 0 aliphatic carbocycles. The Balaban J connectivity index is 1.57. The van der Waals surface area contributed by atoms with Gasteiger partial charge in [-0.3, -0.25) is 9.59 Å². The highest BCUT2D eigenvalue weighted by atomic mass is 16.5. The van der Waals surface area contributed by atoms with Crippen LogP contribution in [0.1, 0.15) is 23.1 Å². The lowest BCUT2D eigenvalue weighted by molar-refractivity contribution is -0.126. The molecular formula is C23H28N2O4. The Morgan fingerprint density at radius 3 is 2.45 bits per heavy atom. The van der Waals surface area contributed by atoms with Crippen molar-refractivity contribution in [2.45, 2.75) is 26.7 Å². The molecule has 1 N–H and O–H groups in total. The molecule has 0 saturated carbocycles. The standard InChI is InChI=1S/C23H28N2O4/c1-15-6-5-7-16(2)22(15)25-14-18(13-21(25)26)23(27)24-11-10-17-8-9-19(28-3)20(12-17)29-4/h5-9,12,18H,10-11,13-14H2,1-4H3,(H,24,27). The Hall–Kier alpha value is -3.02. The minimum Gasteiger partial charge on any atom is -0.493 e. The van der Waals surface area contributed by atoms with Crippen molar-refractivity contribution in [3.63, 3.8) is 0 Å². The van der Waals surface area contributed by atoms with Gasteiger partial charge in [-0.25, -0.2) is 0 Å². The van der Waals surface area contributed by atoms with Gasteiger partial charge in [0.05, 0.1) is 20.1 Å². The highest BCUT2D eigenvalue weighted by molar-refractivity contribution is 6.01. The number of hydrogen-bond donors (Lipinski definition) is 1. The van der Waals surface area contributed by atoms with E-state index in [1.165, 1.54) is 0 Å². The Morgan fingerprint density at radius 2 is 1.79 bits per heavy atom. The topological polar surface area (TPSA) is 67.9 Å². The molecule has 154 valence electrons. The Labute approximate surface area is 171 Å². The first-order valence-corrected chi connectivity index (χ1v) is 9.79. The molecule has 0 radical (unpaired) electrons. The fraction of sp³-hybridized carbons (Fsp3) is 0.391. The average molecular weight is 396 g/mol. The number of nitrogens with one attached hydrogen (secondary N) is 1. The second kappa shape index (κ2) is 8.99. The number of anilines is 1. The van der Waals surface area contributed by atoms with Crippen LogP contribution in [0.3, 0.4) is 0 Å². The van der Waals surface area contributed by atoms with E-state index in [0.717, 1.165) is 22.4 Å². The quantitative estimate of drug-likeness (QED) is 0.781. The summed E-state index contributed by atoms with van der Waals surface area (Å²) in [6, 6.07) is 11.7. The van der Waals surface area contributed by atoms with Crippen molar-refractivity contribution in [2.75, 3.05) is 32.2 Å². The summed E-state index contributed by atoms with van der Waals surface area (Å²) >= 11 is 0. The van der Waals surface area contributed by atoms with Gasteiger partial charge in [0.15, 0.2) is 11.5 Å². The summed E-state index contributed by atoms with van der Waals surface area (Å²) in [5.74, 6) is 0.945. The lowest BCUT2D eigenvalue weighted by atomic mass is 10.1. The van der Waals surface area contributed by atoms with E-state index in [1.807, 2.05) is 50.2 Å². The largest absolute Gasteiger partial charge is 0.493 e. The van der Waals surface area contributed by atoms with Crippen molar-refractivity contribution in [1.29, 1.82) is 0 Å². The summed E-state index contributed by atoms with van der Waals surface area (Å²) < 4.78 is 10.6. The summed E-state index contributed by atoms with van der Waals surface area (Å²) in [6.07, 6.45) is 0.920. The second-order valence-electron chi connectivity index (χ2n) is 7.38. The smallest absolute Gasteiger partial charge is 0.227 e. The third-order valence-corrected chi connectivity index (χ3v) is 5.37. The SMILES string of the molecule is COc1ccc(CCNC(=O)C2CC(=O)N(c3c(C)cccc3C)C2)cc1OC. The average Bonchev–Trinajstić information content (AvgIpc) is 3.09. The molecule has 1 aliphatic rings. The maximum Gasteiger partial charge on any atom is 0.227 e. The lowest BCUT2D eigenvalue weighted by Crippen LogP contribution is -2.34. The predicted octanol–water partition coefficient (Wildman–Crippen LogP) is 3.03. The molecule has 3 rings (SSSR count). The summed E-state index contributed by atoms with van der Waals surface area (Å²) in [7, 11) is 3.20. The number of para-hydroxylation sites is 1. The third kappa shape index (κ3) is 4.53. The number of rotatable bonds is 7. The van der Waals surface area contributed by atoms with Gasteiger partial charge in [-0.2, -0.15) is 0 Å². The highest BCUT2D eigenvalue weighted by Gasteiger charge is 2.36. The van der Waals surface area contributed by atoms with E-state index in [4.69, 9.17) is 9.47 Å². The van der Waals surface area contributed by atoms with Gasteiger partial charge in [0.1, 0.15) is 0 Å². The molecule has 29 heavy (non-hydrogen) atoms. The van der Waals surface area contributed by atoms with Crippen LogP contribution >= 0.6 is 0 Å². The van der Waals surface area contributed by atoms with Crippen LogP contribution in [0.5, 0.6) is 11.5 Å². The zero-order chi connectivity index (χ0) is 21.0. The van der Waals surface area contributed by atoms with E-state index < -0.39 is 0 Å². The van der Waals surface area contributed by atoms with Gasteiger partial charge in [0.2, 0.25) is 11.8 Å². The molecule has 1 unspecified atom stereocenters. The van der Waals surface area contributed by atoms with Gasteiger partial charge in [0.25, 0.3) is 0 Å². The van der Waals surface area contributed by atoms with Gasteiger partial charge >= 0.3 is 0 Å². The van der Waals surface area contributed by atoms with Crippen LogP contribution in [0.15, 0.2) is 36.4 Å². The molecule has 0 bridgehead atoms. The molecule has 1 heterocycles. The Kier molecular flexibility index (Phi) is 6.42. The van der Waals surface area contributed by atoms with Crippen LogP contribution in [0.4, 0.5) is 5.69 Å². The van der Waals surface area contributed by atoms with Crippen LogP contribution < -0.4 is 19.7 Å². The summed E-state index contributed by atoms with van der Waals surface area (Å²) in [6.45, 7) is 4.91. The van der Waals surface area contributed by atoms with E-state index in [1.54, 1.807) is 19.1 Å². The van der Waals surface area contributed by atoms with Crippen LogP contribution in [0.25, 0.3) is 0 Å². The monoisotopic (exact) mass is 396 g/mol. The van der Waals surface area contributed by atoms with Crippen LogP contribution in [0, 0.1) is 19.8 Å². The number of benzene rings is 2. The van der Waals surface area contributed by atoms with Crippen molar-refractivity contribution in [3.05, 3.63) is 53.1 Å². The molecular weight excluding hydrogens is 368 g/mol. The number of aryl methyl sites for hydroxylation is 2. The highest BCUT2D eigenvalue weighted by Crippen LogP contribution is 2.31. The van der Waals surface area contributed by atoms with Gasteiger partial charge in [-0.05, 0) is 49.1 Å². The van der Waals surface area contributed by atoms with Crippen LogP contribution in [-0.2, 0) is 16.0 Å². The number of amides is 2. The zero-order valence-electron chi connectivity index (χ0n) is 17.5. The fourth-order valence-corrected chi connectivity index (χ4v) is 3.84. The minimum atomic E-state index is -0.327. The molecule has 0 spiro atoms. The second-order valence-corrected chi connectivity index (χ2v) is 7.38. The molecule has 2 aromatic carbocycles. The lowest BCUT2D eigenvalue weighted by Gasteiger charge is -2.21. The van der Waals surface area contributed by atoms with E-state index in [9.17, 15) is 9.59 Å². The molecule has 6 nitrogen and oxygen atoms in total. The summed E-state index contributed by atoms with van der Waals surface area (Å²) in [4.78, 5) is 26.9. The van der Waals surface area contributed by atoms with Crippen molar-refractivity contribution >= 4 is 17.5 Å². The number of carbonyl (C=O) groups is 2. The van der Waals surface area contributed by atoms with Gasteiger partial charge in [-0.1, -0.05) is 24.3 Å². The van der Waals surface area contributed by atoms with Crippen molar-refractivity contribution in [3.8, 4) is 11.5 Å². The molecule has 1 aliphatic heterocycles. The third-order valence-electron chi connectivity index (χ3n) is 5.37. The van der Waals surface area contributed by atoms with E-state index in [0.29, 0.717) is 31.0 Å². The van der Waals surface area contributed by atoms with Gasteiger partial charge < -0.3 is 19.7 Å². The summed E-state index contributed by atoms with van der Waals surface area (Å²) in [5.41, 5.74) is 4.07. The number of hydrogen-bond acceptors (Lipinski definition) is 4. The van der Waals surface area contributed by atoms with Crippen molar-refractivity contribution in [1.82, 2.24) is 5.32 Å². The number of ether oxygens (including phenoxy) is 2. The van der Waals surface area contributed by atoms with Gasteiger partial charge in [-0.15, -0.1) is 0 Å². The van der Waals surface area contributed by atoms with Crippen molar-refractivity contribution in [2.24, 2.45) is 5.92 Å². The molecule has 6 heteroatoms. The van der Waals surface area contributed by atoms with E-state index >= 15 is 0 Å². The molecule has 2 amide bonds. The van der Waals surface area contributed by atoms with Crippen molar-refractivity contribution < 1.29 is 19.1 Å².